The highest BCUT2D eigenvalue weighted by atomic mass is 16.5. The summed E-state index contributed by atoms with van der Waals surface area (Å²) in [5, 5.41) is 22.3. The third-order valence-electron chi connectivity index (χ3n) is 4.78. The van der Waals surface area contributed by atoms with Gasteiger partial charge in [0.25, 0.3) is 5.91 Å². The Morgan fingerprint density at radius 1 is 1.23 bits per heavy atom. The number of carboxylic acid groups (broad SMARTS) is 1. The fraction of sp³-hybridized carbons (Fsp3) is 0.227. The molecule has 8 nitrogen and oxygen atoms in total. The van der Waals surface area contributed by atoms with Crippen LogP contribution < -0.4 is 15.8 Å². The Morgan fingerprint density at radius 2 is 1.97 bits per heavy atom. The molecule has 0 unspecified atom stereocenters. The Morgan fingerprint density at radius 3 is 2.63 bits per heavy atom. The van der Waals surface area contributed by atoms with E-state index in [1.807, 2.05) is 6.92 Å². The number of rotatable bonds is 7. The number of phenolic OH excluding ortho intramolecular Hbond substituents is 1. The monoisotopic (exact) mass is 409 g/mol. The van der Waals surface area contributed by atoms with Crippen LogP contribution in [0.1, 0.15) is 39.8 Å². The van der Waals surface area contributed by atoms with Gasteiger partial charge in [0.15, 0.2) is 0 Å². The zero-order chi connectivity index (χ0) is 21.8. The van der Waals surface area contributed by atoms with Crippen LogP contribution in [-0.2, 0) is 0 Å². The summed E-state index contributed by atoms with van der Waals surface area (Å²) < 4.78 is 5.91. The number of carbonyl (C=O) groups excluding carboxylic acids is 1. The maximum absolute atomic E-state index is 12.4. The van der Waals surface area contributed by atoms with Crippen molar-refractivity contribution in [2.75, 3.05) is 12.3 Å². The number of phenols is 1. The molecule has 1 aromatic heterocycles. The number of carbonyl (C=O) groups is 2. The number of pyridine rings is 1. The summed E-state index contributed by atoms with van der Waals surface area (Å²) in [5.74, 6) is -1.08. The van der Waals surface area contributed by atoms with Gasteiger partial charge in [-0.3, -0.25) is 9.78 Å². The quantitative estimate of drug-likeness (QED) is 0.471. The number of hydrogen-bond acceptors (Lipinski definition) is 6. The predicted octanol–water partition coefficient (Wildman–Crippen LogP) is 3.12. The van der Waals surface area contributed by atoms with E-state index in [9.17, 15) is 19.8 Å². The number of aromatic hydroxyl groups is 1. The minimum absolute atomic E-state index is 0.00945. The van der Waals surface area contributed by atoms with Crippen molar-refractivity contribution in [3.63, 3.8) is 0 Å². The van der Waals surface area contributed by atoms with Crippen LogP contribution in [0.4, 0.5) is 5.69 Å². The van der Waals surface area contributed by atoms with Gasteiger partial charge in [0.2, 0.25) is 0 Å². The molecule has 5 N–H and O–H groups in total. The number of ether oxygens (including phenoxy) is 1. The molecule has 1 amide bonds. The van der Waals surface area contributed by atoms with Crippen molar-refractivity contribution >= 4 is 28.5 Å². The van der Waals surface area contributed by atoms with Gasteiger partial charge in [-0.15, -0.1) is 0 Å². The van der Waals surface area contributed by atoms with Crippen LogP contribution in [0.3, 0.4) is 0 Å². The molecular weight excluding hydrogens is 386 g/mol. The molecule has 0 fully saturated rings. The molecule has 0 spiro atoms. The number of aromatic nitrogens is 1. The third kappa shape index (κ3) is 4.27. The summed E-state index contributed by atoms with van der Waals surface area (Å²) in [6.07, 6.45) is 0.600. The minimum atomic E-state index is -1.15. The van der Waals surface area contributed by atoms with Crippen LogP contribution in [0.5, 0.6) is 11.5 Å². The van der Waals surface area contributed by atoms with Crippen LogP contribution in [0.25, 0.3) is 10.9 Å². The Bertz CT molecular complexity index is 1110. The first-order chi connectivity index (χ1) is 14.3. The molecule has 1 heterocycles. The number of hydrogen-bond donors (Lipinski definition) is 4. The van der Waals surface area contributed by atoms with Crippen LogP contribution in [0.2, 0.25) is 0 Å². The molecule has 0 radical (unpaired) electrons. The number of benzene rings is 2. The maximum atomic E-state index is 12.4. The van der Waals surface area contributed by atoms with Crippen molar-refractivity contribution in [1.29, 1.82) is 0 Å². The van der Waals surface area contributed by atoms with Gasteiger partial charge in [-0.25, -0.2) is 4.79 Å². The van der Waals surface area contributed by atoms with Crippen molar-refractivity contribution in [1.82, 2.24) is 10.3 Å². The van der Waals surface area contributed by atoms with Crippen LogP contribution in [-0.4, -0.2) is 39.7 Å². The Labute approximate surface area is 173 Å². The van der Waals surface area contributed by atoms with Crippen molar-refractivity contribution in [2.24, 2.45) is 0 Å². The van der Waals surface area contributed by atoms with Gasteiger partial charge >= 0.3 is 5.97 Å². The summed E-state index contributed by atoms with van der Waals surface area (Å²) in [5.41, 5.74) is 7.38. The molecule has 3 aromatic rings. The van der Waals surface area contributed by atoms with Gasteiger partial charge in [0.05, 0.1) is 28.3 Å². The average Bonchev–Trinajstić information content (AvgIpc) is 2.70. The van der Waals surface area contributed by atoms with Crippen molar-refractivity contribution in [2.45, 2.75) is 26.3 Å². The molecule has 3 rings (SSSR count). The van der Waals surface area contributed by atoms with E-state index in [0.717, 1.165) is 0 Å². The number of nitrogens with zero attached hydrogens (tertiary/aromatic N) is 1. The molecule has 2 aromatic carbocycles. The topological polar surface area (TPSA) is 135 Å². The Hall–Kier alpha value is -3.81. The number of amides is 1. The number of nitrogen functional groups attached to an aromatic ring is 1. The number of nitrogens with one attached hydrogen (secondary N) is 1. The molecular formula is C22H23N3O5. The van der Waals surface area contributed by atoms with E-state index in [1.54, 1.807) is 37.3 Å². The Balaban J connectivity index is 1.82. The summed E-state index contributed by atoms with van der Waals surface area (Å²) in [4.78, 5) is 28.3. The molecule has 30 heavy (non-hydrogen) atoms. The van der Waals surface area contributed by atoms with Crippen LogP contribution in [0.15, 0.2) is 42.5 Å². The normalized spacial score (nSPS) is 11.8. The predicted molar refractivity (Wildman–Crippen MR) is 113 cm³/mol. The molecule has 0 saturated carbocycles. The molecule has 0 aliphatic carbocycles. The highest BCUT2D eigenvalue weighted by Crippen LogP contribution is 2.33. The van der Waals surface area contributed by atoms with Crippen molar-refractivity contribution in [3.05, 3.63) is 59.3 Å². The maximum Gasteiger partial charge on any atom is 0.339 e. The summed E-state index contributed by atoms with van der Waals surface area (Å²) in [7, 11) is 0. The SMILES string of the molecule is CC[C@@H](COc1cccc2nc(C)c(C(=O)O)c(N)c12)NC(=O)c1cccc(O)c1. The minimum Gasteiger partial charge on any atom is -0.508 e. The first-order valence-corrected chi connectivity index (χ1v) is 9.46. The van der Waals surface area contributed by atoms with E-state index >= 15 is 0 Å². The van der Waals surface area contributed by atoms with Crippen molar-refractivity contribution < 1.29 is 24.5 Å². The lowest BCUT2D eigenvalue weighted by Crippen LogP contribution is -2.38. The number of aryl methyl sites for hydroxylation is 1. The van der Waals surface area contributed by atoms with Gasteiger partial charge in [-0.05, 0) is 43.7 Å². The molecule has 0 bridgehead atoms. The van der Waals surface area contributed by atoms with Gasteiger partial charge < -0.3 is 26.0 Å². The van der Waals surface area contributed by atoms with E-state index in [4.69, 9.17) is 10.5 Å². The zero-order valence-corrected chi connectivity index (χ0v) is 16.7. The highest BCUT2D eigenvalue weighted by Gasteiger charge is 2.20. The molecule has 0 aliphatic heterocycles. The number of fused-ring (bicyclic) bond motifs is 1. The smallest absolute Gasteiger partial charge is 0.339 e. The number of aromatic carboxylic acids is 1. The number of nitrogens with two attached hydrogens (primary N) is 1. The number of anilines is 1. The van der Waals surface area contributed by atoms with Gasteiger partial charge in [-0.2, -0.15) is 0 Å². The second kappa shape index (κ2) is 8.69. The van der Waals surface area contributed by atoms with E-state index in [0.29, 0.717) is 34.3 Å². The van der Waals surface area contributed by atoms with Gasteiger partial charge in [-0.1, -0.05) is 19.1 Å². The van der Waals surface area contributed by atoms with E-state index in [2.05, 4.69) is 10.3 Å². The van der Waals surface area contributed by atoms with E-state index < -0.39 is 5.97 Å². The third-order valence-corrected chi connectivity index (χ3v) is 4.78. The lowest BCUT2D eigenvalue weighted by Gasteiger charge is -2.19. The molecule has 0 saturated heterocycles. The van der Waals surface area contributed by atoms with E-state index in [1.165, 1.54) is 12.1 Å². The van der Waals surface area contributed by atoms with Crippen molar-refractivity contribution in [3.8, 4) is 11.5 Å². The van der Waals surface area contributed by atoms with Gasteiger partial charge in [0.1, 0.15) is 23.7 Å². The zero-order valence-electron chi connectivity index (χ0n) is 16.7. The first-order valence-electron chi connectivity index (χ1n) is 9.46. The summed E-state index contributed by atoms with van der Waals surface area (Å²) >= 11 is 0. The van der Waals surface area contributed by atoms with Crippen LogP contribution in [0, 0.1) is 6.92 Å². The second-order valence-corrected chi connectivity index (χ2v) is 6.88. The average molecular weight is 409 g/mol. The lowest BCUT2D eigenvalue weighted by atomic mass is 10.1. The molecule has 0 aliphatic rings. The summed E-state index contributed by atoms with van der Waals surface area (Å²) in [6, 6.07) is 10.9. The Kier molecular flexibility index (Phi) is 6.06. The van der Waals surface area contributed by atoms with E-state index in [-0.39, 0.29) is 35.6 Å². The summed E-state index contributed by atoms with van der Waals surface area (Å²) in [6.45, 7) is 3.65. The lowest BCUT2D eigenvalue weighted by molar-refractivity contribution is 0.0696. The molecule has 156 valence electrons. The highest BCUT2D eigenvalue weighted by molar-refractivity contribution is 6.06. The molecule has 1 atom stereocenters. The fourth-order valence-electron chi connectivity index (χ4n) is 3.20. The largest absolute Gasteiger partial charge is 0.508 e. The first kappa shape index (κ1) is 20.9. The standard InChI is InChI=1S/C22H23N3O5/c1-3-14(25-21(27)13-6-4-7-15(26)10-13)11-30-17-9-5-8-16-19(17)20(23)18(22(28)29)12(2)24-16/h4-10,14,26H,3,11H2,1-2H3,(H2,23,24)(H,25,27)(H,28,29)/t14-/m0/s1. The van der Waals surface area contributed by atoms with Gasteiger partial charge in [0, 0.05) is 5.56 Å². The fourth-order valence-corrected chi connectivity index (χ4v) is 3.20. The number of carboxylic acids is 1. The van der Waals surface area contributed by atoms with Crippen LogP contribution >= 0.6 is 0 Å². The molecule has 8 heteroatoms. The second-order valence-electron chi connectivity index (χ2n) is 6.88.